The standard InChI is InChI=1S/C38H70I2/c1-27(2)19-31-13-11-15-35(7,18-14-31)16-12-17-38(10,40)26-34(39)20-33-25-37(9,30(33)6)24-32-22-36(8,23-32)21-29(5)28(3)4/h27-34H,11-26H2,1-10H3/t29?,30?,31?,32?,33?,34?,35?,36?,37?,38-/m0/s1. The van der Waals surface area contributed by atoms with E-state index in [0.29, 0.717) is 19.7 Å². The summed E-state index contributed by atoms with van der Waals surface area (Å²) in [6.45, 7) is 25.1. The van der Waals surface area contributed by atoms with Crippen LogP contribution in [0.4, 0.5) is 0 Å². The SMILES string of the molecule is CC(C)CC1CCCC(C)(CCC[C@](C)(I)CC(I)CC2CC(C)(CC3CC(C)(CC(C)C(C)C)C3)C2C)CC1. The zero-order chi connectivity index (χ0) is 29.9. The van der Waals surface area contributed by atoms with Gasteiger partial charge in [0, 0.05) is 7.35 Å². The molecule has 7 unspecified atom stereocenters. The fourth-order valence-corrected chi connectivity index (χ4v) is 13.3. The monoisotopic (exact) mass is 780 g/mol. The summed E-state index contributed by atoms with van der Waals surface area (Å²) >= 11 is 5.68. The van der Waals surface area contributed by atoms with E-state index in [1.807, 2.05) is 0 Å². The molecule has 0 heterocycles. The fourth-order valence-electron chi connectivity index (χ4n) is 9.90. The lowest BCUT2D eigenvalue weighted by Crippen LogP contribution is -2.49. The van der Waals surface area contributed by atoms with Gasteiger partial charge in [0.15, 0.2) is 0 Å². The predicted octanol–water partition coefficient (Wildman–Crippen LogP) is 13.7. The van der Waals surface area contributed by atoms with E-state index in [2.05, 4.69) is 114 Å². The molecule has 0 amide bonds. The van der Waals surface area contributed by atoms with Gasteiger partial charge in [-0.25, -0.2) is 0 Å². The molecule has 0 aromatic rings. The van der Waals surface area contributed by atoms with Crippen LogP contribution in [0.1, 0.15) is 172 Å². The van der Waals surface area contributed by atoms with Gasteiger partial charge in [-0.3, -0.25) is 0 Å². The molecule has 3 saturated carbocycles. The molecular weight excluding hydrogens is 710 g/mol. The van der Waals surface area contributed by atoms with Crippen LogP contribution in [0, 0.1) is 57.7 Å². The second-order valence-electron chi connectivity index (χ2n) is 18.2. The smallest absolute Gasteiger partial charge is 0.0204 e. The van der Waals surface area contributed by atoms with Crippen molar-refractivity contribution < 1.29 is 0 Å². The first-order chi connectivity index (χ1) is 18.4. The summed E-state index contributed by atoms with van der Waals surface area (Å²) in [5.74, 6) is 6.46. The molecule has 3 aliphatic rings. The third-order valence-electron chi connectivity index (χ3n) is 12.8. The van der Waals surface area contributed by atoms with Crippen molar-refractivity contribution in [3.05, 3.63) is 0 Å². The molecule has 236 valence electrons. The second kappa shape index (κ2) is 14.7. The highest BCUT2D eigenvalue weighted by Crippen LogP contribution is 2.61. The average Bonchev–Trinajstić information content (AvgIpc) is 2.97. The maximum Gasteiger partial charge on any atom is 0.0204 e. The Labute approximate surface area is 280 Å². The third-order valence-corrected chi connectivity index (χ3v) is 14.8. The van der Waals surface area contributed by atoms with Crippen molar-refractivity contribution in [2.45, 2.75) is 179 Å². The molecule has 0 bridgehead atoms. The van der Waals surface area contributed by atoms with Crippen molar-refractivity contribution >= 4 is 45.2 Å². The molecule has 0 aromatic carbocycles. The lowest BCUT2D eigenvalue weighted by molar-refractivity contribution is -0.0729. The van der Waals surface area contributed by atoms with Crippen LogP contribution in [-0.2, 0) is 0 Å². The van der Waals surface area contributed by atoms with Crippen molar-refractivity contribution in [2.75, 3.05) is 0 Å². The van der Waals surface area contributed by atoms with Gasteiger partial charge in [0.2, 0.25) is 0 Å². The zero-order valence-electron chi connectivity index (χ0n) is 28.7. The number of hydrogen-bond donors (Lipinski definition) is 0. The Bertz CT molecular complexity index is 763. The van der Waals surface area contributed by atoms with Crippen LogP contribution in [0.5, 0.6) is 0 Å². The van der Waals surface area contributed by atoms with Crippen molar-refractivity contribution in [3.8, 4) is 0 Å². The van der Waals surface area contributed by atoms with Crippen LogP contribution >= 0.6 is 45.2 Å². The summed E-state index contributed by atoms with van der Waals surface area (Å²) in [5.41, 5.74) is 1.87. The molecule has 0 N–H and O–H groups in total. The first-order valence-corrected chi connectivity index (χ1v) is 20.1. The summed E-state index contributed by atoms with van der Waals surface area (Å²) < 4.78 is 1.30. The highest BCUT2D eigenvalue weighted by atomic mass is 127. The van der Waals surface area contributed by atoms with Crippen molar-refractivity contribution in [3.63, 3.8) is 0 Å². The van der Waals surface area contributed by atoms with Crippen LogP contribution in [-0.4, -0.2) is 7.35 Å². The minimum Gasteiger partial charge on any atom is -0.0826 e. The summed E-state index contributed by atoms with van der Waals surface area (Å²) in [6.07, 6.45) is 23.5. The van der Waals surface area contributed by atoms with Crippen LogP contribution in [0.25, 0.3) is 0 Å². The minimum atomic E-state index is 0.463. The van der Waals surface area contributed by atoms with E-state index in [4.69, 9.17) is 0 Å². The predicted molar refractivity (Wildman–Crippen MR) is 197 cm³/mol. The Morgan fingerprint density at radius 1 is 0.875 bits per heavy atom. The van der Waals surface area contributed by atoms with Crippen LogP contribution in [0.3, 0.4) is 0 Å². The Morgan fingerprint density at radius 3 is 2.15 bits per heavy atom. The van der Waals surface area contributed by atoms with Crippen molar-refractivity contribution in [1.29, 1.82) is 0 Å². The normalized spacial score (nSPS) is 39.8. The summed E-state index contributed by atoms with van der Waals surface area (Å²) in [6, 6.07) is 0. The lowest BCUT2D eigenvalue weighted by Gasteiger charge is -2.58. The van der Waals surface area contributed by atoms with Gasteiger partial charge in [0.1, 0.15) is 0 Å². The van der Waals surface area contributed by atoms with E-state index in [-0.39, 0.29) is 0 Å². The maximum absolute atomic E-state index is 2.84. The first-order valence-electron chi connectivity index (χ1n) is 17.8. The molecule has 0 nitrogen and oxygen atoms in total. The summed E-state index contributed by atoms with van der Waals surface area (Å²) in [5, 5.41) is 0. The lowest BCUT2D eigenvalue weighted by atomic mass is 9.48. The summed E-state index contributed by atoms with van der Waals surface area (Å²) in [7, 11) is 0. The van der Waals surface area contributed by atoms with E-state index in [1.165, 1.54) is 103 Å². The maximum atomic E-state index is 2.84. The fraction of sp³-hybridized carbons (Fsp3) is 1.00. The van der Waals surface area contributed by atoms with Gasteiger partial charge in [0.25, 0.3) is 0 Å². The topological polar surface area (TPSA) is 0 Å². The van der Waals surface area contributed by atoms with E-state index >= 15 is 0 Å². The number of halogens is 2. The molecule has 3 fully saturated rings. The van der Waals surface area contributed by atoms with Gasteiger partial charge in [0.05, 0.1) is 0 Å². The van der Waals surface area contributed by atoms with Crippen LogP contribution < -0.4 is 0 Å². The Morgan fingerprint density at radius 2 is 1.55 bits per heavy atom. The largest absolute Gasteiger partial charge is 0.0826 e. The van der Waals surface area contributed by atoms with Crippen LogP contribution in [0.15, 0.2) is 0 Å². The molecule has 0 radical (unpaired) electrons. The van der Waals surface area contributed by atoms with E-state index in [1.54, 1.807) is 0 Å². The van der Waals surface area contributed by atoms with E-state index in [9.17, 15) is 0 Å². The van der Waals surface area contributed by atoms with Gasteiger partial charge in [-0.15, -0.1) is 0 Å². The Kier molecular flexibility index (Phi) is 13.2. The van der Waals surface area contributed by atoms with Gasteiger partial charge in [-0.1, -0.05) is 134 Å². The molecule has 0 saturated heterocycles. The first kappa shape index (κ1) is 35.9. The Hall–Kier alpha value is 1.46. The molecule has 0 aliphatic heterocycles. The molecular formula is C38H70I2. The quantitative estimate of drug-likeness (QED) is 0.0882. The molecule has 8 atom stereocenters. The highest BCUT2D eigenvalue weighted by Gasteiger charge is 2.52. The average molecular weight is 781 g/mol. The minimum absolute atomic E-state index is 0.463. The second-order valence-corrected chi connectivity index (χ2v) is 22.5. The van der Waals surface area contributed by atoms with Gasteiger partial charge in [-0.05, 0) is 141 Å². The molecule has 3 rings (SSSR count). The molecule has 40 heavy (non-hydrogen) atoms. The molecule has 0 spiro atoms. The van der Waals surface area contributed by atoms with Gasteiger partial charge < -0.3 is 0 Å². The molecule has 0 aromatic heterocycles. The third kappa shape index (κ3) is 10.5. The van der Waals surface area contributed by atoms with Crippen molar-refractivity contribution in [1.82, 2.24) is 0 Å². The van der Waals surface area contributed by atoms with Gasteiger partial charge in [-0.2, -0.15) is 0 Å². The zero-order valence-corrected chi connectivity index (χ0v) is 33.0. The van der Waals surface area contributed by atoms with Crippen molar-refractivity contribution in [2.24, 2.45) is 57.7 Å². The number of rotatable bonds is 15. The highest BCUT2D eigenvalue weighted by molar-refractivity contribution is 14.1. The number of hydrogen-bond acceptors (Lipinski definition) is 0. The van der Waals surface area contributed by atoms with Crippen LogP contribution in [0.2, 0.25) is 0 Å². The molecule has 3 aliphatic carbocycles. The van der Waals surface area contributed by atoms with E-state index in [0.717, 1.165) is 45.3 Å². The Balaban J connectivity index is 1.35. The molecule has 2 heteroatoms. The summed E-state index contributed by atoms with van der Waals surface area (Å²) in [4.78, 5) is 0. The van der Waals surface area contributed by atoms with E-state index < -0.39 is 0 Å². The van der Waals surface area contributed by atoms with Gasteiger partial charge >= 0.3 is 0 Å². The number of alkyl halides is 2.